The molecule has 0 aliphatic carbocycles. The standard InChI is InChI=1S/C25H31N3O4/c29-21-9-4-19(5-10-21)6-13-25(32)28-16-2-1-14-27-24(31)18-23(26-15-3-17-28)20-7-11-22(30)12-8-20/h4-13,23,26,29-30H,1-3,14-18H2,(H,27,31)/t23-/m0/s1. The number of nitrogens with one attached hydrogen (secondary N) is 2. The van der Waals surface area contributed by atoms with Crippen LogP contribution in [0, 0.1) is 0 Å². The molecule has 32 heavy (non-hydrogen) atoms. The van der Waals surface area contributed by atoms with E-state index in [9.17, 15) is 19.8 Å². The Bertz CT molecular complexity index is 910. The third-order valence-corrected chi connectivity index (χ3v) is 5.48. The number of nitrogens with zero attached hydrogens (tertiary/aromatic N) is 1. The highest BCUT2D eigenvalue weighted by Gasteiger charge is 2.17. The zero-order chi connectivity index (χ0) is 22.8. The van der Waals surface area contributed by atoms with E-state index in [1.807, 2.05) is 17.0 Å². The maximum atomic E-state index is 12.8. The van der Waals surface area contributed by atoms with E-state index >= 15 is 0 Å². The maximum Gasteiger partial charge on any atom is 0.246 e. The van der Waals surface area contributed by atoms with Gasteiger partial charge in [-0.15, -0.1) is 0 Å². The molecule has 0 aromatic heterocycles. The lowest BCUT2D eigenvalue weighted by atomic mass is 10.0. The van der Waals surface area contributed by atoms with E-state index in [0.717, 1.165) is 30.4 Å². The fourth-order valence-corrected chi connectivity index (χ4v) is 3.66. The average molecular weight is 438 g/mol. The van der Waals surface area contributed by atoms with Gasteiger partial charge in [0.1, 0.15) is 11.5 Å². The van der Waals surface area contributed by atoms with Crippen molar-refractivity contribution in [2.45, 2.75) is 31.7 Å². The molecule has 170 valence electrons. The van der Waals surface area contributed by atoms with Gasteiger partial charge in [0.2, 0.25) is 11.8 Å². The molecule has 4 N–H and O–H groups in total. The minimum absolute atomic E-state index is 0.0143. The van der Waals surface area contributed by atoms with Crippen molar-refractivity contribution in [1.82, 2.24) is 15.5 Å². The fourth-order valence-electron chi connectivity index (χ4n) is 3.66. The third kappa shape index (κ3) is 7.42. The number of aromatic hydroxyl groups is 2. The molecule has 7 nitrogen and oxygen atoms in total. The number of carbonyl (C=O) groups excluding carboxylic acids is 2. The van der Waals surface area contributed by atoms with Crippen molar-refractivity contribution in [2.24, 2.45) is 0 Å². The highest BCUT2D eigenvalue weighted by molar-refractivity contribution is 5.91. The van der Waals surface area contributed by atoms with Crippen molar-refractivity contribution in [1.29, 1.82) is 0 Å². The van der Waals surface area contributed by atoms with Crippen LogP contribution < -0.4 is 10.6 Å². The van der Waals surface area contributed by atoms with Gasteiger partial charge in [-0.1, -0.05) is 24.3 Å². The Balaban J connectivity index is 1.62. The number of benzene rings is 2. The van der Waals surface area contributed by atoms with E-state index in [1.54, 1.807) is 48.6 Å². The van der Waals surface area contributed by atoms with Crippen molar-refractivity contribution in [3.8, 4) is 11.5 Å². The largest absolute Gasteiger partial charge is 0.508 e. The van der Waals surface area contributed by atoms with Gasteiger partial charge in [-0.3, -0.25) is 9.59 Å². The summed E-state index contributed by atoms with van der Waals surface area (Å²) < 4.78 is 0. The lowest BCUT2D eigenvalue weighted by Crippen LogP contribution is -2.34. The SMILES string of the molecule is O=C1C[C@@H](c2ccc(O)cc2)NCCCN(C(=O)C=Cc2ccc(O)cc2)CCCCN1. The van der Waals surface area contributed by atoms with Crippen molar-refractivity contribution in [2.75, 3.05) is 26.2 Å². The van der Waals surface area contributed by atoms with Crippen molar-refractivity contribution < 1.29 is 19.8 Å². The molecule has 0 spiro atoms. The van der Waals surface area contributed by atoms with Crippen LogP contribution in [0.4, 0.5) is 0 Å². The number of amides is 2. The van der Waals surface area contributed by atoms with Crippen LogP contribution in [0.1, 0.15) is 42.9 Å². The van der Waals surface area contributed by atoms with E-state index in [0.29, 0.717) is 32.6 Å². The summed E-state index contributed by atoms with van der Waals surface area (Å²) in [5.74, 6) is 0.321. The van der Waals surface area contributed by atoms with Gasteiger partial charge >= 0.3 is 0 Å². The number of phenols is 2. The quantitative estimate of drug-likeness (QED) is 0.553. The smallest absolute Gasteiger partial charge is 0.246 e. The number of hydrogen-bond donors (Lipinski definition) is 4. The average Bonchev–Trinajstić information content (AvgIpc) is 2.80. The van der Waals surface area contributed by atoms with Gasteiger partial charge in [-0.25, -0.2) is 0 Å². The lowest BCUT2D eigenvalue weighted by molar-refractivity contribution is -0.126. The van der Waals surface area contributed by atoms with Crippen molar-refractivity contribution >= 4 is 17.9 Å². The highest BCUT2D eigenvalue weighted by atomic mass is 16.3. The summed E-state index contributed by atoms with van der Waals surface area (Å²) in [5.41, 5.74) is 1.79. The number of rotatable bonds is 3. The molecule has 0 radical (unpaired) electrons. The van der Waals surface area contributed by atoms with Gasteiger partial charge in [-0.05, 0) is 67.3 Å². The predicted molar refractivity (Wildman–Crippen MR) is 124 cm³/mol. The molecule has 0 bridgehead atoms. The molecule has 1 heterocycles. The molecule has 1 aliphatic rings. The lowest BCUT2D eigenvalue weighted by Gasteiger charge is -2.22. The van der Waals surface area contributed by atoms with E-state index in [-0.39, 0.29) is 29.4 Å². The summed E-state index contributed by atoms with van der Waals surface area (Å²) in [5, 5.41) is 25.3. The van der Waals surface area contributed by atoms with Crippen LogP contribution in [0.2, 0.25) is 0 Å². The van der Waals surface area contributed by atoms with Gasteiger partial charge < -0.3 is 25.7 Å². The Morgan fingerprint density at radius 2 is 1.56 bits per heavy atom. The fraction of sp³-hybridized carbons (Fsp3) is 0.360. The summed E-state index contributed by atoms with van der Waals surface area (Å²) in [6, 6.07) is 13.4. The van der Waals surface area contributed by atoms with Crippen molar-refractivity contribution in [3.05, 3.63) is 65.7 Å². The Hall–Kier alpha value is -3.32. The molecule has 0 saturated carbocycles. The van der Waals surface area contributed by atoms with Crippen LogP contribution in [0.25, 0.3) is 6.08 Å². The maximum absolute atomic E-state index is 12.8. The monoisotopic (exact) mass is 437 g/mol. The predicted octanol–water partition coefficient (Wildman–Crippen LogP) is 2.96. The first-order valence-electron chi connectivity index (χ1n) is 11.1. The Morgan fingerprint density at radius 1 is 0.906 bits per heavy atom. The third-order valence-electron chi connectivity index (χ3n) is 5.48. The second kappa shape index (κ2) is 11.9. The van der Waals surface area contributed by atoms with Crippen molar-refractivity contribution in [3.63, 3.8) is 0 Å². The first-order valence-corrected chi connectivity index (χ1v) is 11.1. The molecule has 2 amide bonds. The molecular formula is C25H31N3O4. The van der Waals surface area contributed by atoms with Gasteiger partial charge in [0, 0.05) is 38.2 Å². The molecule has 0 unspecified atom stereocenters. The number of hydrogen-bond acceptors (Lipinski definition) is 5. The normalized spacial score (nSPS) is 18.9. The van der Waals surface area contributed by atoms with E-state index in [4.69, 9.17) is 0 Å². The van der Waals surface area contributed by atoms with E-state index in [1.165, 1.54) is 0 Å². The molecule has 1 atom stereocenters. The van der Waals surface area contributed by atoms with Crippen LogP contribution in [0.15, 0.2) is 54.6 Å². The van der Waals surface area contributed by atoms with Crippen LogP contribution in [0.3, 0.4) is 0 Å². The van der Waals surface area contributed by atoms with Crippen LogP contribution in [-0.4, -0.2) is 53.1 Å². The Kier molecular flexibility index (Phi) is 8.69. The number of carbonyl (C=O) groups is 2. The first-order chi connectivity index (χ1) is 15.5. The summed E-state index contributed by atoms with van der Waals surface area (Å²) in [6.45, 7) is 2.49. The van der Waals surface area contributed by atoms with E-state index < -0.39 is 0 Å². The molecule has 2 aromatic rings. The Morgan fingerprint density at radius 3 is 2.28 bits per heavy atom. The molecule has 7 heteroatoms. The highest BCUT2D eigenvalue weighted by Crippen LogP contribution is 2.20. The minimum atomic E-state index is -0.158. The summed E-state index contributed by atoms with van der Waals surface area (Å²) >= 11 is 0. The molecular weight excluding hydrogens is 406 g/mol. The second-order valence-corrected chi connectivity index (χ2v) is 7.96. The van der Waals surface area contributed by atoms with Gasteiger partial charge in [0.25, 0.3) is 0 Å². The first kappa shape index (κ1) is 23.3. The van der Waals surface area contributed by atoms with Gasteiger partial charge in [-0.2, -0.15) is 0 Å². The molecule has 1 fully saturated rings. The zero-order valence-corrected chi connectivity index (χ0v) is 18.2. The van der Waals surface area contributed by atoms with Crippen LogP contribution in [-0.2, 0) is 9.59 Å². The molecule has 3 rings (SSSR count). The number of phenolic OH excluding ortho intramolecular Hbond substituents is 2. The van der Waals surface area contributed by atoms with Gasteiger partial charge in [0.15, 0.2) is 0 Å². The second-order valence-electron chi connectivity index (χ2n) is 7.96. The van der Waals surface area contributed by atoms with Gasteiger partial charge in [0.05, 0.1) is 0 Å². The van der Waals surface area contributed by atoms with Crippen LogP contribution >= 0.6 is 0 Å². The topological polar surface area (TPSA) is 102 Å². The summed E-state index contributed by atoms with van der Waals surface area (Å²) in [6.07, 6.45) is 6.02. The Labute approximate surface area is 188 Å². The summed E-state index contributed by atoms with van der Waals surface area (Å²) in [7, 11) is 0. The molecule has 1 aliphatic heterocycles. The minimum Gasteiger partial charge on any atom is -0.508 e. The molecule has 1 saturated heterocycles. The summed E-state index contributed by atoms with van der Waals surface area (Å²) in [4.78, 5) is 27.0. The zero-order valence-electron chi connectivity index (χ0n) is 18.2. The van der Waals surface area contributed by atoms with Crippen LogP contribution in [0.5, 0.6) is 11.5 Å². The molecule has 2 aromatic carbocycles. The van der Waals surface area contributed by atoms with E-state index in [2.05, 4.69) is 10.6 Å².